The van der Waals surface area contributed by atoms with Crippen molar-refractivity contribution >= 4 is 10.0 Å². The fraction of sp³-hybridized carbons (Fsp3) is 0.188. The van der Waals surface area contributed by atoms with Crippen LogP contribution in [0.5, 0.6) is 5.75 Å². The third kappa shape index (κ3) is 3.64. The number of hydrogen-bond acceptors (Lipinski definition) is 4. The maximum atomic E-state index is 12.4. The molecular formula is C16H16N2O3S. The Morgan fingerprint density at radius 1 is 1.14 bits per heavy atom. The molecule has 0 spiro atoms. The van der Waals surface area contributed by atoms with Gasteiger partial charge < -0.3 is 4.74 Å². The highest BCUT2D eigenvalue weighted by atomic mass is 32.2. The van der Waals surface area contributed by atoms with E-state index in [-0.39, 0.29) is 17.0 Å². The number of nitrogens with one attached hydrogen (secondary N) is 1. The lowest BCUT2D eigenvalue weighted by atomic mass is 10.2. The number of nitriles is 1. The van der Waals surface area contributed by atoms with Crippen molar-refractivity contribution in [2.75, 3.05) is 6.61 Å². The summed E-state index contributed by atoms with van der Waals surface area (Å²) < 4.78 is 32.7. The first-order chi connectivity index (χ1) is 10.6. The lowest BCUT2D eigenvalue weighted by molar-refractivity contribution is 0.336. The number of para-hydroxylation sites is 1. The van der Waals surface area contributed by atoms with Crippen molar-refractivity contribution in [3.05, 3.63) is 59.7 Å². The molecule has 0 aliphatic carbocycles. The summed E-state index contributed by atoms with van der Waals surface area (Å²) in [7, 11) is -3.76. The average molecular weight is 316 g/mol. The van der Waals surface area contributed by atoms with E-state index in [0.29, 0.717) is 12.4 Å². The fourth-order valence-corrected chi connectivity index (χ4v) is 3.15. The maximum absolute atomic E-state index is 12.4. The zero-order valence-corrected chi connectivity index (χ0v) is 12.9. The molecule has 22 heavy (non-hydrogen) atoms. The first-order valence-electron chi connectivity index (χ1n) is 6.78. The maximum Gasteiger partial charge on any atom is 0.242 e. The van der Waals surface area contributed by atoms with Crippen LogP contribution in [0.4, 0.5) is 0 Å². The van der Waals surface area contributed by atoms with E-state index in [0.717, 1.165) is 5.56 Å². The van der Waals surface area contributed by atoms with E-state index in [9.17, 15) is 8.42 Å². The summed E-state index contributed by atoms with van der Waals surface area (Å²) in [6.45, 7) is 2.46. The lowest BCUT2D eigenvalue weighted by Crippen LogP contribution is -2.24. The zero-order chi connectivity index (χ0) is 16.0. The van der Waals surface area contributed by atoms with Crippen LogP contribution in [-0.4, -0.2) is 15.0 Å². The van der Waals surface area contributed by atoms with Crippen LogP contribution in [0.2, 0.25) is 0 Å². The highest BCUT2D eigenvalue weighted by Crippen LogP contribution is 2.19. The van der Waals surface area contributed by atoms with Crippen LogP contribution in [0.3, 0.4) is 0 Å². The van der Waals surface area contributed by atoms with Gasteiger partial charge in [0.25, 0.3) is 0 Å². The van der Waals surface area contributed by atoms with Gasteiger partial charge in [0.15, 0.2) is 0 Å². The Bertz CT molecular complexity index is 795. The van der Waals surface area contributed by atoms with Crippen molar-refractivity contribution in [1.29, 1.82) is 5.26 Å². The van der Waals surface area contributed by atoms with Crippen LogP contribution < -0.4 is 9.46 Å². The number of sulfonamides is 1. The molecule has 6 heteroatoms. The van der Waals surface area contributed by atoms with E-state index in [1.165, 1.54) is 12.1 Å². The van der Waals surface area contributed by atoms with Crippen molar-refractivity contribution in [3.63, 3.8) is 0 Å². The summed E-state index contributed by atoms with van der Waals surface area (Å²) in [4.78, 5) is -0.0219. The predicted molar refractivity (Wildman–Crippen MR) is 82.8 cm³/mol. The first kappa shape index (κ1) is 16.0. The Hall–Kier alpha value is -2.36. The summed E-state index contributed by atoms with van der Waals surface area (Å²) >= 11 is 0. The molecule has 0 aliphatic heterocycles. The number of rotatable bonds is 6. The second-order valence-electron chi connectivity index (χ2n) is 4.47. The molecule has 0 bridgehead atoms. The van der Waals surface area contributed by atoms with E-state index in [2.05, 4.69) is 4.72 Å². The molecule has 0 aliphatic rings. The minimum Gasteiger partial charge on any atom is -0.494 e. The molecule has 2 aromatic carbocycles. The quantitative estimate of drug-likeness (QED) is 0.887. The Morgan fingerprint density at radius 3 is 2.55 bits per heavy atom. The van der Waals surface area contributed by atoms with Crippen molar-refractivity contribution in [3.8, 4) is 11.8 Å². The summed E-state index contributed by atoms with van der Waals surface area (Å²) in [5.41, 5.74) is 0.857. The second kappa shape index (κ2) is 7.07. The molecule has 0 aromatic heterocycles. The average Bonchev–Trinajstić information content (AvgIpc) is 2.54. The number of hydrogen-bond donors (Lipinski definition) is 1. The Kier molecular flexibility index (Phi) is 5.15. The Morgan fingerprint density at radius 2 is 1.82 bits per heavy atom. The normalized spacial score (nSPS) is 10.9. The summed E-state index contributed by atoms with van der Waals surface area (Å²) in [5.74, 6) is 0.640. The lowest BCUT2D eigenvalue weighted by Gasteiger charge is -2.12. The van der Waals surface area contributed by atoms with Crippen LogP contribution in [0.1, 0.15) is 18.1 Å². The SMILES string of the molecule is CCOc1ccccc1CNS(=O)(=O)c1ccccc1C#N. The van der Waals surface area contributed by atoms with Gasteiger partial charge in [-0.3, -0.25) is 0 Å². The molecule has 0 unspecified atom stereocenters. The fourth-order valence-electron chi connectivity index (χ4n) is 1.99. The van der Waals surface area contributed by atoms with Gasteiger partial charge in [-0.15, -0.1) is 0 Å². The molecule has 0 radical (unpaired) electrons. The van der Waals surface area contributed by atoms with Crippen LogP contribution >= 0.6 is 0 Å². The van der Waals surface area contributed by atoms with Crippen LogP contribution in [-0.2, 0) is 16.6 Å². The third-order valence-electron chi connectivity index (χ3n) is 3.02. The molecule has 0 heterocycles. The standard InChI is InChI=1S/C16H16N2O3S/c1-2-21-15-9-5-3-8-14(15)12-18-22(19,20)16-10-6-4-7-13(16)11-17/h3-10,18H,2,12H2,1H3. The van der Waals surface area contributed by atoms with Crippen molar-refractivity contribution in [2.24, 2.45) is 0 Å². The first-order valence-corrected chi connectivity index (χ1v) is 8.26. The van der Waals surface area contributed by atoms with Crippen LogP contribution in [0.15, 0.2) is 53.4 Å². The highest BCUT2D eigenvalue weighted by molar-refractivity contribution is 7.89. The van der Waals surface area contributed by atoms with Gasteiger partial charge >= 0.3 is 0 Å². The number of ether oxygens (including phenoxy) is 1. The van der Waals surface area contributed by atoms with Crippen molar-refractivity contribution in [1.82, 2.24) is 4.72 Å². The second-order valence-corrected chi connectivity index (χ2v) is 6.21. The Labute approximate surface area is 130 Å². The monoisotopic (exact) mass is 316 g/mol. The third-order valence-corrected chi connectivity index (χ3v) is 4.48. The molecule has 0 amide bonds. The summed E-state index contributed by atoms with van der Waals surface area (Å²) in [5, 5.41) is 9.02. The van der Waals surface area contributed by atoms with Crippen LogP contribution in [0, 0.1) is 11.3 Å². The zero-order valence-electron chi connectivity index (χ0n) is 12.1. The minimum absolute atomic E-state index is 0.0219. The van der Waals surface area contributed by atoms with E-state index in [1.807, 2.05) is 25.1 Å². The van der Waals surface area contributed by atoms with Gasteiger partial charge in [-0.05, 0) is 25.1 Å². The van der Waals surface area contributed by atoms with E-state index in [4.69, 9.17) is 10.00 Å². The topological polar surface area (TPSA) is 79.2 Å². The summed E-state index contributed by atoms with van der Waals surface area (Å²) in [6.07, 6.45) is 0. The van der Waals surface area contributed by atoms with Gasteiger partial charge in [-0.2, -0.15) is 5.26 Å². The van der Waals surface area contributed by atoms with Crippen molar-refractivity contribution in [2.45, 2.75) is 18.4 Å². The Balaban J connectivity index is 2.23. The molecule has 0 saturated heterocycles. The highest BCUT2D eigenvalue weighted by Gasteiger charge is 2.18. The number of nitrogens with zero attached hydrogens (tertiary/aromatic N) is 1. The molecule has 2 rings (SSSR count). The van der Waals surface area contributed by atoms with E-state index < -0.39 is 10.0 Å². The number of benzene rings is 2. The molecule has 0 saturated carbocycles. The van der Waals surface area contributed by atoms with Gasteiger partial charge in [0.1, 0.15) is 11.8 Å². The van der Waals surface area contributed by atoms with E-state index in [1.54, 1.807) is 24.3 Å². The molecule has 5 nitrogen and oxygen atoms in total. The molecule has 0 atom stereocenters. The van der Waals surface area contributed by atoms with Gasteiger partial charge in [-0.1, -0.05) is 30.3 Å². The van der Waals surface area contributed by atoms with Gasteiger partial charge in [0.2, 0.25) is 10.0 Å². The van der Waals surface area contributed by atoms with Gasteiger partial charge in [-0.25, -0.2) is 13.1 Å². The minimum atomic E-state index is -3.76. The van der Waals surface area contributed by atoms with Gasteiger partial charge in [0.05, 0.1) is 17.1 Å². The summed E-state index contributed by atoms with van der Waals surface area (Å²) in [6, 6.07) is 15.2. The van der Waals surface area contributed by atoms with Crippen LogP contribution in [0.25, 0.3) is 0 Å². The largest absolute Gasteiger partial charge is 0.494 e. The smallest absolute Gasteiger partial charge is 0.242 e. The molecule has 0 fully saturated rings. The van der Waals surface area contributed by atoms with E-state index >= 15 is 0 Å². The van der Waals surface area contributed by atoms with Gasteiger partial charge in [0, 0.05) is 12.1 Å². The predicted octanol–water partition coefficient (Wildman–Crippen LogP) is 2.44. The molecule has 114 valence electrons. The van der Waals surface area contributed by atoms with Crippen molar-refractivity contribution < 1.29 is 13.2 Å². The molecule has 1 N–H and O–H groups in total. The molecule has 2 aromatic rings. The molecular weight excluding hydrogens is 300 g/mol.